The molecule has 0 rings (SSSR count). The van der Waals surface area contributed by atoms with Crippen molar-refractivity contribution in [1.82, 2.24) is 0 Å². The quantitative estimate of drug-likeness (QED) is 0.475. The Morgan fingerprint density at radius 2 is 1.93 bits per heavy atom. The highest BCUT2D eigenvalue weighted by Gasteiger charge is 2.14. The molecule has 1 atom stereocenters. The van der Waals surface area contributed by atoms with E-state index in [1.54, 1.807) is 0 Å². The van der Waals surface area contributed by atoms with Crippen molar-refractivity contribution in [3.63, 3.8) is 0 Å². The fourth-order valence-corrected chi connectivity index (χ4v) is 1.60. The summed E-state index contributed by atoms with van der Waals surface area (Å²) in [6.45, 7) is 7.91. The van der Waals surface area contributed by atoms with Crippen LogP contribution in [-0.2, 0) is 13.6 Å². The van der Waals surface area contributed by atoms with Crippen molar-refractivity contribution >= 4 is 16.0 Å². The van der Waals surface area contributed by atoms with E-state index >= 15 is 0 Å². The van der Waals surface area contributed by atoms with Gasteiger partial charge in [-0.25, -0.2) is 0 Å². The first-order valence-corrected chi connectivity index (χ1v) is 6.50. The Bertz CT molecular complexity index is 171. The van der Waals surface area contributed by atoms with Crippen LogP contribution in [0.5, 0.6) is 0 Å². The van der Waals surface area contributed by atoms with Crippen molar-refractivity contribution in [2.75, 3.05) is 0 Å². The van der Waals surface area contributed by atoms with Gasteiger partial charge >= 0.3 is 10.0 Å². The van der Waals surface area contributed by atoms with Crippen LogP contribution in [0.15, 0.2) is 0 Å². The lowest BCUT2D eigenvalue weighted by molar-refractivity contribution is -0.139. The summed E-state index contributed by atoms with van der Waals surface area (Å²) in [6.07, 6.45) is 4.49. The van der Waals surface area contributed by atoms with Crippen molar-refractivity contribution in [2.45, 2.75) is 59.5 Å². The molecule has 0 aromatic rings. The third-order valence-corrected chi connectivity index (χ3v) is 2.92. The van der Waals surface area contributed by atoms with E-state index in [-0.39, 0.29) is 28.0 Å². The van der Waals surface area contributed by atoms with Crippen LogP contribution in [0, 0.1) is 5.92 Å². The van der Waals surface area contributed by atoms with Crippen molar-refractivity contribution in [2.24, 2.45) is 5.92 Å². The third-order valence-electron chi connectivity index (χ3n) is 2.07. The molecule has 0 N–H and O–H groups in total. The highest BCUT2D eigenvalue weighted by atomic mass is 28.3. The molecule has 2 radical (unpaired) electrons. The Hall–Kier alpha value is -0.353. The summed E-state index contributed by atoms with van der Waals surface area (Å²) in [5.74, 6) is -0.134. The molecular weight excluding hydrogens is 208 g/mol. The summed E-state index contributed by atoms with van der Waals surface area (Å²) in [6, 6.07) is 0. The highest BCUT2D eigenvalue weighted by molar-refractivity contribution is 6.22. The van der Waals surface area contributed by atoms with Gasteiger partial charge in [0.15, 0.2) is 0 Å². The van der Waals surface area contributed by atoms with E-state index in [2.05, 4.69) is 6.92 Å². The summed E-state index contributed by atoms with van der Waals surface area (Å²) < 4.78 is 10.2. The topological polar surface area (TPSA) is 35.5 Å². The molecule has 0 fully saturated rings. The zero-order valence-electron chi connectivity index (χ0n) is 10.2. The molecule has 4 heteroatoms. The molecule has 0 aliphatic carbocycles. The molecule has 0 bridgehead atoms. The monoisotopic (exact) mass is 230 g/mol. The van der Waals surface area contributed by atoms with Crippen LogP contribution in [0.2, 0.25) is 0 Å². The fraction of sp³-hybridized carbons (Fsp3) is 0.909. The molecule has 15 heavy (non-hydrogen) atoms. The average molecular weight is 230 g/mol. The van der Waals surface area contributed by atoms with Crippen molar-refractivity contribution < 1.29 is 13.6 Å². The minimum atomic E-state index is -0.158. The molecule has 0 aliphatic heterocycles. The number of hydrogen-bond acceptors (Lipinski definition) is 3. The second kappa shape index (κ2) is 8.92. The van der Waals surface area contributed by atoms with Crippen molar-refractivity contribution in [3.05, 3.63) is 0 Å². The fourth-order valence-electron chi connectivity index (χ4n) is 1.08. The van der Waals surface area contributed by atoms with Crippen LogP contribution in [0.3, 0.4) is 0 Å². The van der Waals surface area contributed by atoms with Crippen LogP contribution >= 0.6 is 0 Å². The highest BCUT2D eigenvalue weighted by Crippen LogP contribution is 2.10. The molecule has 0 aromatic heterocycles. The van der Waals surface area contributed by atoms with Gasteiger partial charge in [-0.2, -0.15) is 0 Å². The maximum atomic E-state index is 11.4. The van der Waals surface area contributed by atoms with Gasteiger partial charge in [0.2, 0.25) is 0 Å². The Morgan fingerprint density at radius 3 is 2.47 bits per heavy atom. The molecule has 0 heterocycles. The standard InChI is InChI=1S/C11H22O3Si/c1-5-6-7-8-10(4)11(12)14-15-13-9(2)3/h9-10H,5-8H2,1-4H3. The largest absolute Gasteiger partial charge is 0.523 e. The van der Waals surface area contributed by atoms with Crippen LogP contribution in [0.25, 0.3) is 0 Å². The van der Waals surface area contributed by atoms with E-state index in [9.17, 15) is 4.79 Å². The van der Waals surface area contributed by atoms with E-state index in [1.807, 2.05) is 20.8 Å². The van der Waals surface area contributed by atoms with Crippen molar-refractivity contribution in [1.29, 1.82) is 0 Å². The first-order chi connectivity index (χ1) is 7.07. The molecule has 1 unspecified atom stereocenters. The summed E-state index contributed by atoms with van der Waals surface area (Å²) >= 11 is 0. The Balaban J connectivity index is 3.51. The lowest BCUT2D eigenvalue weighted by atomic mass is 10.0. The van der Waals surface area contributed by atoms with Gasteiger partial charge in [0.1, 0.15) is 0 Å². The summed E-state index contributed by atoms with van der Waals surface area (Å²) in [5, 5.41) is 0. The van der Waals surface area contributed by atoms with E-state index < -0.39 is 0 Å². The Morgan fingerprint density at radius 1 is 1.27 bits per heavy atom. The number of carbonyl (C=O) groups is 1. The first-order valence-electron chi connectivity index (χ1n) is 5.69. The molecule has 0 aromatic carbocycles. The number of hydrogen-bond donors (Lipinski definition) is 0. The molecule has 0 aliphatic rings. The van der Waals surface area contributed by atoms with Crippen LogP contribution in [0.4, 0.5) is 0 Å². The van der Waals surface area contributed by atoms with Gasteiger partial charge in [0.05, 0.1) is 5.92 Å². The number of unbranched alkanes of at least 4 members (excludes halogenated alkanes) is 2. The first kappa shape index (κ1) is 14.6. The minimum absolute atomic E-state index is 0.000174. The summed E-state index contributed by atoms with van der Waals surface area (Å²) in [5.41, 5.74) is 0. The lowest BCUT2D eigenvalue weighted by Crippen LogP contribution is -2.20. The molecule has 0 spiro atoms. The van der Waals surface area contributed by atoms with E-state index in [0.29, 0.717) is 0 Å². The number of carbonyl (C=O) groups excluding carboxylic acids is 1. The Kier molecular flexibility index (Phi) is 8.71. The summed E-state index contributed by atoms with van der Waals surface area (Å²) in [4.78, 5) is 11.4. The van der Waals surface area contributed by atoms with Crippen LogP contribution in [0.1, 0.15) is 53.4 Å². The SMILES string of the molecule is CCCCCC(C)C(=O)O[Si]OC(C)C. The zero-order valence-corrected chi connectivity index (χ0v) is 11.2. The zero-order chi connectivity index (χ0) is 11.7. The smallest absolute Gasteiger partial charge is 0.490 e. The maximum absolute atomic E-state index is 11.4. The van der Waals surface area contributed by atoms with Gasteiger partial charge in [0, 0.05) is 6.10 Å². The van der Waals surface area contributed by atoms with Gasteiger partial charge in [0.25, 0.3) is 5.97 Å². The minimum Gasteiger partial charge on any atom is -0.490 e. The van der Waals surface area contributed by atoms with Gasteiger partial charge in [-0.05, 0) is 20.3 Å². The predicted molar refractivity (Wildman–Crippen MR) is 61.4 cm³/mol. The third kappa shape index (κ3) is 8.63. The van der Waals surface area contributed by atoms with E-state index in [1.165, 1.54) is 12.8 Å². The van der Waals surface area contributed by atoms with Gasteiger partial charge in [-0.15, -0.1) is 0 Å². The van der Waals surface area contributed by atoms with E-state index in [0.717, 1.165) is 12.8 Å². The molecule has 0 amide bonds. The van der Waals surface area contributed by atoms with Crippen LogP contribution in [-0.4, -0.2) is 22.1 Å². The number of rotatable bonds is 8. The van der Waals surface area contributed by atoms with E-state index in [4.69, 9.17) is 8.85 Å². The second-order valence-corrected chi connectivity index (χ2v) is 4.67. The lowest BCUT2D eigenvalue weighted by Gasteiger charge is -2.11. The Labute approximate surface area is 95.6 Å². The molecule has 88 valence electrons. The molecule has 0 saturated heterocycles. The normalized spacial score (nSPS) is 12.9. The van der Waals surface area contributed by atoms with Crippen molar-refractivity contribution in [3.8, 4) is 0 Å². The molecular formula is C11H22O3Si. The molecule has 0 saturated carbocycles. The summed E-state index contributed by atoms with van der Waals surface area (Å²) in [7, 11) is -0.158. The average Bonchev–Trinajstić information content (AvgIpc) is 2.17. The maximum Gasteiger partial charge on any atom is 0.523 e. The van der Waals surface area contributed by atoms with Crippen LogP contribution < -0.4 is 0 Å². The van der Waals surface area contributed by atoms with Gasteiger partial charge in [-0.3, -0.25) is 4.79 Å². The van der Waals surface area contributed by atoms with Gasteiger partial charge in [-0.1, -0.05) is 33.1 Å². The predicted octanol–water partition coefficient (Wildman–Crippen LogP) is 2.71. The van der Waals surface area contributed by atoms with Gasteiger partial charge < -0.3 is 8.85 Å². The second-order valence-electron chi connectivity index (χ2n) is 4.07. The molecule has 3 nitrogen and oxygen atoms in total.